The smallest absolute Gasteiger partial charge is 0.260 e. The minimum atomic E-state index is 0.326. The molecule has 0 aliphatic carbocycles. The maximum absolute atomic E-state index is 5.47. The van der Waals surface area contributed by atoms with E-state index in [4.69, 9.17) is 9.57 Å². The molecular weight excluding hydrogens is 262 g/mol. The summed E-state index contributed by atoms with van der Waals surface area (Å²) in [5.74, 6) is 0. The standard InChI is InChI=1S/C18H32NO2/c1-2-3-4-5-6-7-8-9-10-14-17-20-18-21-19-15-12-11-13-16-19/h11-13,15-16H,2-10,14,17-18H2,1H3/q+1. The molecular formula is C18H32NO2+. The first kappa shape index (κ1) is 18.0. The van der Waals surface area contributed by atoms with Gasteiger partial charge in [0.2, 0.25) is 12.4 Å². The molecule has 0 unspecified atom stereocenters. The Balaban J connectivity index is 1.75. The number of hydrogen-bond acceptors (Lipinski definition) is 2. The van der Waals surface area contributed by atoms with Crippen molar-refractivity contribution in [2.75, 3.05) is 13.4 Å². The Kier molecular flexibility index (Phi) is 11.9. The number of rotatable bonds is 14. The highest BCUT2D eigenvalue weighted by atomic mass is 16.8. The van der Waals surface area contributed by atoms with Gasteiger partial charge in [0.15, 0.2) is 0 Å². The van der Waals surface area contributed by atoms with Crippen molar-refractivity contribution >= 4 is 0 Å². The largest absolute Gasteiger partial charge is 0.340 e. The minimum Gasteiger partial charge on any atom is -0.340 e. The summed E-state index contributed by atoms with van der Waals surface area (Å²) in [6.07, 6.45) is 17.3. The molecule has 0 bridgehead atoms. The summed E-state index contributed by atoms with van der Waals surface area (Å²) in [5, 5.41) is 0. The molecule has 0 aromatic carbocycles. The van der Waals surface area contributed by atoms with E-state index in [0.717, 1.165) is 13.0 Å². The van der Waals surface area contributed by atoms with E-state index in [-0.39, 0.29) is 0 Å². The van der Waals surface area contributed by atoms with Gasteiger partial charge in [0, 0.05) is 16.9 Å². The molecule has 0 aliphatic rings. The third kappa shape index (κ3) is 11.3. The van der Waals surface area contributed by atoms with Crippen LogP contribution in [0, 0.1) is 0 Å². The minimum absolute atomic E-state index is 0.326. The van der Waals surface area contributed by atoms with Crippen LogP contribution in [-0.2, 0) is 4.74 Å². The Hall–Kier alpha value is -1.09. The van der Waals surface area contributed by atoms with Crippen LogP contribution in [0.15, 0.2) is 30.6 Å². The Morgan fingerprint density at radius 1 is 0.714 bits per heavy atom. The van der Waals surface area contributed by atoms with Gasteiger partial charge in [-0.25, -0.2) is 4.84 Å². The normalized spacial score (nSPS) is 10.7. The van der Waals surface area contributed by atoms with E-state index in [1.165, 1.54) is 57.8 Å². The molecule has 0 amide bonds. The van der Waals surface area contributed by atoms with Gasteiger partial charge in [-0.3, -0.25) is 0 Å². The van der Waals surface area contributed by atoms with Crippen LogP contribution in [0.3, 0.4) is 0 Å². The number of nitrogens with zero attached hydrogens (tertiary/aromatic N) is 1. The summed E-state index contributed by atoms with van der Waals surface area (Å²) in [7, 11) is 0. The molecule has 1 rings (SSSR count). The maximum Gasteiger partial charge on any atom is 0.260 e. The van der Waals surface area contributed by atoms with Crippen LogP contribution in [-0.4, -0.2) is 13.4 Å². The molecule has 21 heavy (non-hydrogen) atoms. The first-order valence-electron chi connectivity index (χ1n) is 8.61. The Labute approximate surface area is 130 Å². The highest BCUT2D eigenvalue weighted by Crippen LogP contribution is 2.10. The van der Waals surface area contributed by atoms with Gasteiger partial charge in [-0.2, -0.15) is 0 Å². The molecule has 0 saturated carbocycles. The van der Waals surface area contributed by atoms with Gasteiger partial charge in [-0.05, 0) is 6.42 Å². The number of ether oxygens (including phenoxy) is 1. The van der Waals surface area contributed by atoms with Gasteiger partial charge in [-0.15, -0.1) is 0 Å². The van der Waals surface area contributed by atoms with E-state index in [2.05, 4.69) is 6.92 Å². The first-order valence-corrected chi connectivity index (χ1v) is 8.61. The maximum atomic E-state index is 5.47. The van der Waals surface area contributed by atoms with Gasteiger partial charge < -0.3 is 4.74 Å². The van der Waals surface area contributed by atoms with Crippen LogP contribution in [0.2, 0.25) is 0 Å². The van der Waals surface area contributed by atoms with E-state index < -0.39 is 0 Å². The molecule has 0 saturated heterocycles. The van der Waals surface area contributed by atoms with Crippen LogP contribution >= 0.6 is 0 Å². The molecule has 1 aromatic rings. The lowest BCUT2D eigenvalue weighted by atomic mass is 10.1. The third-order valence-corrected chi connectivity index (χ3v) is 3.62. The predicted molar refractivity (Wildman–Crippen MR) is 85.9 cm³/mol. The number of unbranched alkanes of at least 4 members (excludes halogenated alkanes) is 9. The number of hydrogen-bond donors (Lipinski definition) is 0. The van der Waals surface area contributed by atoms with Crippen molar-refractivity contribution in [1.29, 1.82) is 0 Å². The Bertz CT molecular complexity index is 316. The highest BCUT2D eigenvalue weighted by molar-refractivity contribution is 4.83. The van der Waals surface area contributed by atoms with Crippen LogP contribution in [0.5, 0.6) is 0 Å². The van der Waals surface area contributed by atoms with Crippen LogP contribution < -0.4 is 9.57 Å². The molecule has 0 atom stereocenters. The van der Waals surface area contributed by atoms with Crippen molar-refractivity contribution in [3.8, 4) is 0 Å². The van der Waals surface area contributed by atoms with Gasteiger partial charge >= 0.3 is 0 Å². The fraction of sp³-hybridized carbons (Fsp3) is 0.722. The van der Waals surface area contributed by atoms with Crippen molar-refractivity contribution in [3.63, 3.8) is 0 Å². The quantitative estimate of drug-likeness (QED) is 0.290. The van der Waals surface area contributed by atoms with E-state index >= 15 is 0 Å². The second-order valence-corrected chi connectivity index (χ2v) is 5.57. The monoisotopic (exact) mass is 294 g/mol. The van der Waals surface area contributed by atoms with E-state index in [0.29, 0.717) is 6.79 Å². The summed E-state index contributed by atoms with van der Waals surface area (Å²) in [6.45, 7) is 3.39. The zero-order valence-electron chi connectivity index (χ0n) is 13.6. The lowest BCUT2D eigenvalue weighted by molar-refractivity contribution is -0.897. The molecule has 3 nitrogen and oxygen atoms in total. The molecule has 0 aliphatic heterocycles. The van der Waals surface area contributed by atoms with Crippen LogP contribution in [0.25, 0.3) is 0 Å². The summed E-state index contributed by atoms with van der Waals surface area (Å²) in [6, 6.07) is 5.83. The fourth-order valence-electron chi connectivity index (χ4n) is 2.32. The van der Waals surface area contributed by atoms with Crippen molar-refractivity contribution in [2.45, 2.75) is 71.1 Å². The average Bonchev–Trinajstić information content (AvgIpc) is 2.53. The summed E-state index contributed by atoms with van der Waals surface area (Å²) in [5.41, 5.74) is 0. The number of aromatic nitrogens is 1. The molecule has 0 spiro atoms. The second-order valence-electron chi connectivity index (χ2n) is 5.57. The molecule has 1 heterocycles. The first-order chi connectivity index (χ1) is 10.4. The lowest BCUT2D eigenvalue weighted by Crippen LogP contribution is -2.42. The molecule has 0 N–H and O–H groups in total. The van der Waals surface area contributed by atoms with Crippen LogP contribution in [0.1, 0.15) is 71.1 Å². The van der Waals surface area contributed by atoms with Crippen LogP contribution in [0.4, 0.5) is 0 Å². The van der Waals surface area contributed by atoms with Gasteiger partial charge in [0.25, 0.3) is 6.79 Å². The second kappa shape index (κ2) is 13.9. The van der Waals surface area contributed by atoms with Crippen molar-refractivity contribution in [2.24, 2.45) is 0 Å². The Morgan fingerprint density at radius 2 is 1.29 bits per heavy atom. The predicted octanol–water partition coefficient (Wildman–Crippen LogP) is 4.30. The summed E-state index contributed by atoms with van der Waals surface area (Å²) < 4.78 is 7.13. The zero-order valence-corrected chi connectivity index (χ0v) is 13.6. The topological polar surface area (TPSA) is 22.3 Å². The molecule has 0 radical (unpaired) electrons. The van der Waals surface area contributed by atoms with E-state index in [1.807, 2.05) is 30.6 Å². The Morgan fingerprint density at radius 3 is 1.90 bits per heavy atom. The SMILES string of the molecule is CCCCCCCCCCCCOCO[n+]1ccccc1. The molecule has 1 aromatic heterocycles. The van der Waals surface area contributed by atoms with Crippen molar-refractivity contribution in [3.05, 3.63) is 30.6 Å². The highest BCUT2D eigenvalue weighted by Gasteiger charge is 1.98. The lowest BCUT2D eigenvalue weighted by Gasteiger charge is -2.03. The van der Waals surface area contributed by atoms with Gasteiger partial charge in [0.05, 0.1) is 6.61 Å². The zero-order chi connectivity index (χ0) is 15.0. The van der Waals surface area contributed by atoms with E-state index in [1.54, 1.807) is 4.73 Å². The summed E-state index contributed by atoms with van der Waals surface area (Å²) in [4.78, 5) is 5.39. The molecule has 0 fully saturated rings. The number of pyridine rings is 1. The molecule has 120 valence electrons. The molecule has 3 heteroatoms. The average molecular weight is 294 g/mol. The van der Waals surface area contributed by atoms with Crippen molar-refractivity contribution in [1.82, 2.24) is 0 Å². The van der Waals surface area contributed by atoms with E-state index in [9.17, 15) is 0 Å². The third-order valence-electron chi connectivity index (χ3n) is 3.62. The summed E-state index contributed by atoms with van der Waals surface area (Å²) >= 11 is 0. The van der Waals surface area contributed by atoms with Gasteiger partial charge in [0.1, 0.15) is 0 Å². The van der Waals surface area contributed by atoms with Crippen molar-refractivity contribution < 1.29 is 14.3 Å². The van der Waals surface area contributed by atoms with Gasteiger partial charge in [-0.1, -0.05) is 70.8 Å². The fourth-order valence-corrected chi connectivity index (χ4v) is 2.32.